The molecule has 0 bridgehead atoms. The highest BCUT2D eigenvalue weighted by Gasteiger charge is 2.13. The van der Waals surface area contributed by atoms with Crippen molar-refractivity contribution in [2.75, 3.05) is 6.54 Å². The maximum atomic E-state index is 3.50. The van der Waals surface area contributed by atoms with Gasteiger partial charge in [0.1, 0.15) is 0 Å². The predicted octanol–water partition coefficient (Wildman–Crippen LogP) is 2.30. The highest BCUT2D eigenvalue weighted by molar-refractivity contribution is 5.17. The van der Waals surface area contributed by atoms with E-state index in [1.807, 2.05) is 12.1 Å². The Balaban J connectivity index is 2.08. The van der Waals surface area contributed by atoms with Gasteiger partial charge in [0, 0.05) is 6.04 Å². The van der Waals surface area contributed by atoms with E-state index in [2.05, 4.69) is 23.5 Å². The molecule has 1 aromatic carbocycles. The molecule has 1 fully saturated rings. The van der Waals surface area contributed by atoms with Crippen LogP contribution >= 0.6 is 0 Å². The fourth-order valence-corrected chi connectivity index (χ4v) is 1.74. The molecule has 1 aromatic rings. The van der Waals surface area contributed by atoms with Gasteiger partial charge in [0.2, 0.25) is 0 Å². The van der Waals surface area contributed by atoms with Crippen molar-refractivity contribution in [3.63, 3.8) is 0 Å². The molecule has 2 rings (SSSR count). The van der Waals surface area contributed by atoms with E-state index in [0.29, 0.717) is 6.04 Å². The van der Waals surface area contributed by atoms with Crippen LogP contribution in [-0.2, 0) is 0 Å². The Kier molecular flexibility index (Phi) is 2.42. The van der Waals surface area contributed by atoms with Crippen LogP contribution in [0.5, 0.6) is 0 Å². The molecule has 1 nitrogen and oxygen atoms in total. The second-order valence-corrected chi connectivity index (χ2v) is 3.32. The third-order valence-electron chi connectivity index (χ3n) is 2.42. The van der Waals surface area contributed by atoms with E-state index in [-0.39, 0.29) is 0 Å². The fraction of sp³-hybridized carbons (Fsp3) is 0.455. The first-order chi connectivity index (χ1) is 5.97. The van der Waals surface area contributed by atoms with Crippen molar-refractivity contribution in [2.24, 2.45) is 0 Å². The molecule has 0 amide bonds. The maximum absolute atomic E-state index is 3.50. The van der Waals surface area contributed by atoms with E-state index < -0.39 is 0 Å². The fourth-order valence-electron chi connectivity index (χ4n) is 1.74. The van der Waals surface area contributed by atoms with Crippen molar-refractivity contribution in [3.8, 4) is 0 Å². The van der Waals surface area contributed by atoms with E-state index >= 15 is 0 Å². The van der Waals surface area contributed by atoms with Crippen molar-refractivity contribution < 1.29 is 0 Å². The lowest BCUT2D eigenvalue weighted by atomic mass is 9.98. The first-order valence-corrected chi connectivity index (χ1v) is 4.67. The van der Waals surface area contributed by atoms with Gasteiger partial charge in [-0.05, 0) is 31.0 Å². The largest absolute Gasteiger partial charge is 0.310 e. The number of benzene rings is 1. The van der Waals surface area contributed by atoms with Crippen LogP contribution in [0.1, 0.15) is 30.9 Å². The number of rotatable bonds is 1. The van der Waals surface area contributed by atoms with E-state index in [9.17, 15) is 0 Å². The summed E-state index contributed by atoms with van der Waals surface area (Å²) in [7, 11) is 0. The van der Waals surface area contributed by atoms with E-state index in [1.165, 1.54) is 24.8 Å². The lowest BCUT2D eigenvalue weighted by Crippen LogP contribution is -2.26. The number of piperidine rings is 1. The van der Waals surface area contributed by atoms with Crippen LogP contribution in [0, 0.1) is 6.07 Å². The third-order valence-corrected chi connectivity index (χ3v) is 2.42. The van der Waals surface area contributed by atoms with Crippen LogP contribution in [0.2, 0.25) is 0 Å². The van der Waals surface area contributed by atoms with E-state index in [1.54, 1.807) is 0 Å². The highest BCUT2D eigenvalue weighted by atomic mass is 14.9. The molecule has 1 heterocycles. The molecule has 1 aliphatic rings. The van der Waals surface area contributed by atoms with E-state index in [4.69, 9.17) is 0 Å². The Morgan fingerprint density at radius 1 is 1.33 bits per heavy atom. The van der Waals surface area contributed by atoms with Gasteiger partial charge in [0.05, 0.1) is 0 Å². The second kappa shape index (κ2) is 3.72. The monoisotopic (exact) mass is 160 g/mol. The van der Waals surface area contributed by atoms with Crippen molar-refractivity contribution in [1.29, 1.82) is 0 Å². The Morgan fingerprint density at radius 3 is 3.00 bits per heavy atom. The summed E-state index contributed by atoms with van der Waals surface area (Å²) < 4.78 is 0. The standard InChI is InChI=1S/C11H14N/c1-2-6-10(7-3-1)11-8-4-5-9-12-11/h1-3,6,11-12H,4-5,8-9H2. The molecule has 1 radical (unpaired) electrons. The van der Waals surface area contributed by atoms with Crippen LogP contribution in [0.4, 0.5) is 0 Å². The average molecular weight is 160 g/mol. The van der Waals surface area contributed by atoms with Gasteiger partial charge < -0.3 is 5.32 Å². The minimum Gasteiger partial charge on any atom is -0.310 e. The molecule has 1 heteroatoms. The Labute approximate surface area is 73.8 Å². The molecule has 1 atom stereocenters. The van der Waals surface area contributed by atoms with E-state index in [0.717, 1.165) is 6.54 Å². The SMILES string of the molecule is [c]1ccccc1C1CCCCN1. The topological polar surface area (TPSA) is 12.0 Å². The molecule has 1 saturated heterocycles. The summed E-state index contributed by atoms with van der Waals surface area (Å²) in [5.41, 5.74) is 1.32. The summed E-state index contributed by atoms with van der Waals surface area (Å²) >= 11 is 0. The van der Waals surface area contributed by atoms with Crippen molar-refractivity contribution in [2.45, 2.75) is 25.3 Å². The zero-order valence-electron chi connectivity index (χ0n) is 7.22. The normalized spacial score (nSPS) is 23.8. The predicted molar refractivity (Wildman–Crippen MR) is 49.9 cm³/mol. The zero-order chi connectivity index (χ0) is 8.23. The molecule has 0 aliphatic carbocycles. The highest BCUT2D eigenvalue weighted by Crippen LogP contribution is 2.21. The van der Waals surface area contributed by atoms with Crippen LogP contribution in [-0.4, -0.2) is 6.54 Å². The molecule has 0 saturated carbocycles. The first-order valence-electron chi connectivity index (χ1n) is 4.67. The van der Waals surface area contributed by atoms with Crippen molar-refractivity contribution in [3.05, 3.63) is 35.9 Å². The minimum atomic E-state index is 0.556. The van der Waals surface area contributed by atoms with Crippen molar-refractivity contribution in [1.82, 2.24) is 5.32 Å². The van der Waals surface area contributed by atoms with Gasteiger partial charge in [0.15, 0.2) is 0 Å². The number of hydrogen-bond donors (Lipinski definition) is 1. The van der Waals surface area contributed by atoms with Crippen LogP contribution < -0.4 is 5.32 Å². The summed E-state index contributed by atoms with van der Waals surface area (Å²) in [6.45, 7) is 1.16. The lowest BCUT2D eigenvalue weighted by Gasteiger charge is -2.23. The molecular weight excluding hydrogens is 146 g/mol. The molecule has 1 N–H and O–H groups in total. The second-order valence-electron chi connectivity index (χ2n) is 3.32. The molecule has 1 aliphatic heterocycles. The molecule has 0 spiro atoms. The quantitative estimate of drug-likeness (QED) is 0.664. The average Bonchev–Trinajstić information content (AvgIpc) is 2.21. The summed E-state index contributed by atoms with van der Waals surface area (Å²) in [4.78, 5) is 0. The Bertz CT molecular complexity index is 224. The molecule has 12 heavy (non-hydrogen) atoms. The van der Waals surface area contributed by atoms with Gasteiger partial charge in [-0.15, -0.1) is 0 Å². The minimum absolute atomic E-state index is 0.556. The zero-order valence-corrected chi connectivity index (χ0v) is 7.22. The first kappa shape index (κ1) is 7.81. The molecule has 1 unspecified atom stereocenters. The van der Waals surface area contributed by atoms with Crippen LogP contribution in [0.25, 0.3) is 0 Å². The third kappa shape index (κ3) is 1.67. The molecule has 0 aromatic heterocycles. The maximum Gasteiger partial charge on any atom is 0.0326 e. The lowest BCUT2D eigenvalue weighted by molar-refractivity contribution is 0.412. The van der Waals surface area contributed by atoms with Gasteiger partial charge in [-0.25, -0.2) is 0 Å². The van der Waals surface area contributed by atoms with Crippen LogP contribution in [0.3, 0.4) is 0 Å². The van der Waals surface area contributed by atoms with Gasteiger partial charge in [-0.2, -0.15) is 0 Å². The summed E-state index contributed by atoms with van der Waals surface area (Å²) in [6, 6.07) is 12.1. The van der Waals surface area contributed by atoms with Gasteiger partial charge in [-0.3, -0.25) is 0 Å². The Morgan fingerprint density at radius 2 is 2.33 bits per heavy atom. The summed E-state index contributed by atoms with van der Waals surface area (Å²) in [6.07, 6.45) is 3.93. The van der Waals surface area contributed by atoms with Gasteiger partial charge >= 0.3 is 0 Å². The van der Waals surface area contributed by atoms with Crippen molar-refractivity contribution >= 4 is 0 Å². The van der Waals surface area contributed by atoms with Gasteiger partial charge in [0.25, 0.3) is 0 Å². The van der Waals surface area contributed by atoms with Crippen LogP contribution in [0.15, 0.2) is 24.3 Å². The Hall–Kier alpha value is -0.820. The summed E-state index contributed by atoms with van der Waals surface area (Å²) in [5.74, 6) is 0. The molecule has 63 valence electrons. The number of nitrogens with one attached hydrogen (secondary N) is 1. The smallest absolute Gasteiger partial charge is 0.0326 e. The van der Waals surface area contributed by atoms with Gasteiger partial charge in [-0.1, -0.05) is 30.7 Å². The molecular formula is C11H14N. The number of hydrogen-bond acceptors (Lipinski definition) is 1. The summed E-state index contributed by atoms with van der Waals surface area (Å²) in [5, 5.41) is 3.50.